The van der Waals surface area contributed by atoms with Gasteiger partial charge in [0.2, 0.25) is 0 Å². The first kappa shape index (κ1) is 22.3. The van der Waals surface area contributed by atoms with Crippen molar-refractivity contribution < 1.29 is 27.8 Å². The van der Waals surface area contributed by atoms with Crippen molar-refractivity contribution in [2.75, 3.05) is 26.8 Å². The molecule has 0 spiro atoms. The number of rotatable bonds is 6. The van der Waals surface area contributed by atoms with E-state index in [0.29, 0.717) is 37.9 Å². The van der Waals surface area contributed by atoms with E-state index in [1.807, 2.05) is 30.3 Å². The maximum absolute atomic E-state index is 13.0. The zero-order valence-corrected chi connectivity index (χ0v) is 16.9. The first-order valence-electron chi connectivity index (χ1n) is 9.91. The van der Waals surface area contributed by atoms with Crippen molar-refractivity contribution in [3.05, 3.63) is 71.3 Å². The molecule has 30 heavy (non-hydrogen) atoms. The van der Waals surface area contributed by atoms with E-state index in [2.05, 4.69) is 0 Å². The molecular weight excluding hydrogens is 395 g/mol. The summed E-state index contributed by atoms with van der Waals surface area (Å²) in [6.45, 7) is 0.702. The fourth-order valence-corrected chi connectivity index (χ4v) is 4.06. The SMILES string of the molecule is CO[C@H](C(=O)N1CCC(CO)(Cc2cccc(C(F)(F)F)c2)CC1)c1ccccc1. The highest BCUT2D eigenvalue weighted by molar-refractivity contribution is 5.82. The number of ether oxygens (including phenoxy) is 1. The number of benzene rings is 2. The molecule has 0 radical (unpaired) electrons. The molecule has 0 aliphatic carbocycles. The van der Waals surface area contributed by atoms with E-state index in [1.54, 1.807) is 11.0 Å². The number of amides is 1. The maximum Gasteiger partial charge on any atom is 0.416 e. The second kappa shape index (κ2) is 9.18. The third kappa shape index (κ3) is 5.02. The molecule has 3 rings (SSSR count). The summed E-state index contributed by atoms with van der Waals surface area (Å²) in [6, 6.07) is 14.5. The summed E-state index contributed by atoms with van der Waals surface area (Å²) in [5.74, 6) is -0.144. The van der Waals surface area contributed by atoms with Crippen LogP contribution in [0.1, 0.15) is 35.6 Å². The number of carbonyl (C=O) groups excluding carboxylic acids is 1. The molecule has 1 aliphatic heterocycles. The van der Waals surface area contributed by atoms with Gasteiger partial charge in [-0.1, -0.05) is 48.5 Å². The highest BCUT2D eigenvalue weighted by atomic mass is 19.4. The Balaban J connectivity index is 1.68. The van der Waals surface area contributed by atoms with Gasteiger partial charge in [-0.3, -0.25) is 4.79 Å². The van der Waals surface area contributed by atoms with Gasteiger partial charge in [-0.2, -0.15) is 13.2 Å². The van der Waals surface area contributed by atoms with E-state index < -0.39 is 23.3 Å². The minimum atomic E-state index is -4.40. The summed E-state index contributed by atoms with van der Waals surface area (Å²) in [7, 11) is 1.49. The van der Waals surface area contributed by atoms with Gasteiger partial charge in [0, 0.05) is 32.2 Å². The van der Waals surface area contributed by atoms with E-state index in [-0.39, 0.29) is 12.5 Å². The van der Waals surface area contributed by atoms with Gasteiger partial charge in [-0.05, 0) is 36.5 Å². The van der Waals surface area contributed by atoms with Crippen LogP contribution in [0.5, 0.6) is 0 Å². The molecule has 4 nitrogen and oxygen atoms in total. The van der Waals surface area contributed by atoms with Crippen LogP contribution in [0.2, 0.25) is 0 Å². The van der Waals surface area contributed by atoms with Crippen molar-refractivity contribution >= 4 is 5.91 Å². The van der Waals surface area contributed by atoms with Crippen molar-refractivity contribution in [1.29, 1.82) is 0 Å². The number of aliphatic hydroxyl groups is 1. The second-order valence-electron chi connectivity index (χ2n) is 7.88. The number of halogens is 3. The average molecular weight is 421 g/mol. The van der Waals surface area contributed by atoms with Gasteiger partial charge in [0.15, 0.2) is 6.10 Å². The third-order valence-electron chi connectivity index (χ3n) is 5.87. The van der Waals surface area contributed by atoms with E-state index in [0.717, 1.165) is 17.7 Å². The normalized spacial score (nSPS) is 17.6. The Morgan fingerprint density at radius 2 is 1.80 bits per heavy atom. The molecular formula is C23H26F3NO3. The smallest absolute Gasteiger partial charge is 0.396 e. The number of likely N-dealkylation sites (tertiary alicyclic amines) is 1. The fraction of sp³-hybridized carbons (Fsp3) is 0.435. The molecule has 0 saturated carbocycles. The Labute approximate surface area is 174 Å². The predicted molar refractivity (Wildman–Crippen MR) is 107 cm³/mol. The van der Waals surface area contributed by atoms with Gasteiger partial charge in [-0.15, -0.1) is 0 Å². The maximum atomic E-state index is 13.0. The topological polar surface area (TPSA) is 49.8 Å². The number of carbonyl (C=O) groups is 1. The molecule has 0 aromatic heterocycles. The molecule has 2 aromatic carbocycles. The Morgan fingerprint density at radius 3 is 2.37 bits per heavy atom. The van der Waals surface area contributed by atoms with Gasteiger partial charge >= 0.3 is 6.18 Å². The van der Waals surface area contributed by atoms with Crippen molar-refractivity contribution in [2.45, 2.75) is 31.5 Å². The lowest BCUT2D eigenvalue weighted by Gasteiger charge is -2.41. The predicted octanol–water partition coefficient (Wildman–Crippen LogP) is 4.24. The molecule has 0 bridgehead atoms. The Bertz CT molecular complexity index is 846. The summed E-state index contributed by atoms with van der Waals surface area (Å²) in [6.07, 6.45) is -3.74. The zero-order chi connectivity index (χ0) is 21.8. The minimum Gasteiger partial charge on any atom is -0.396 e. The lowest BCUT2D eigenvalue weighted by atomic mass is 9.74. The third-order valence-corrected chi connectivity index (χ3v) is 5.87. The summed E-state index contributed by atoms with van der Waals surface area (Å²) in [4.78, 5) is 14.7. The number of piperidine rings is 1. The molecule has 1 amide bonds. The first-order chi connectivity index (χ1) is 14.3. The highest BCUT2D eigenvalue weighted by Crippen LogP contribution is 2.37. The Hall–Kier alpha value is -2.38. The van der Waals surface area contributed by atoms with Crippen LogP contribution in [0.4, 0.5) is 13.2 Å². The summed E-state index contributed by atoms with van der Waals surface area (Å²) < 4.78 is 44.4. The zero-order valence-electron chi connectivity index (χ0n) is 16.9. The summed E-state index contributed by atoms with van der Waals surface area (Å²) >= 11 is 0. The molecule has 0 unspecified atom stereocenters. The molecule has 2 aromatic rings. The monoisotopic (exact) mass is 421 g/mol. The Kier molecular flexibility index (Phi) is 6.83. The molecule has 1 aliphatic rings. The molecule has 1 N–H and O–H groups in total. The molecule has 7 heteroatoms. The summed E-state index contributed by atoms with van der Waals surface area (Å²) in [5.41, 5.74) is 0.0771. The van der Waals surface area contributed by atoms with Crippen LogP contribution >= 0.6 is 0 Å². The molecule has 1 heterocycles. The van der Waals surface area contributed by atoms with Gasteiger partial charge in [0.05, 0.1) is 5.56 Å². The van der Waals surface area contributed by atoms with Gasteiger partial charge in [0.25, 0.3) is 5.91 Å². The van der Waals surface area contributed by atoms with E-state index in [4.69, 9.17) is 4.74 Å². The van der Waals surface area contributed by atoms with Crippen molar-refractivity contribution in [3.8, 4) is 0 Å². The van der Waals surface area contributed by atoms with E-state index in [9.17, 15) is 23.1 Å². The van der Waals surface area contributed by atoms with Crippen LogP contribution in [0, 0.1) is 5.41 Å². The van der Waals surface area contributed by atoms with Gasteiger partial charge < -0.3 is 14.7 Å². The summed E-state index contributed by atoms with van der Waals surface area (Å²) in [5, 5.41) is 10.0. The highest BCUT2D eigenvalue weighted by Gasteiger charge is 2.38. The number of methoxy groups -OCH3 is 1. The van der Waals surface area contributed by atoms with Crippen LogP contribution in [0.25, 0.3) is 0 Å². The lowest BCUT2D eigenvalue weighted by molar-refractivity contribution is -0.145. The van der Waals surface area contributed by atoms with Crippen LogP contribution in [0.3, 0.4) is 0 Å². The number of hydrogen-bond acceptors (Lipinski definition) is 3. The van der Waals surface area contributed by atoms with E-state index in [1.165, 1.54) is 13.2 Å². The van der Waals surface area contributed by atoms with Crippen LogP contribution in [-0.2, 0) is 22.1 Å². The minimum absolute atomic E-state index is 0.141. The molecule has 1 fully saturated rings. The van der Waals surface area contributed by atoms with Crippen molar-refractivity contribution in [2.24, 2.45) is 5.41 Å². The van der Waals surface area contributed by atoms with Crippen LogP contribution in [-0.4, -0.2) is 42.7 Å². The van der Waals surface area contributed by atoms with Crippen molar-refractivity contribution in [1.82, 2.24) is 4.90 Å². The molecule has 1 saturated heterocycles. The number of hydrogen-bond donors (Lipinski definition) is 1. The standard InChI is InChI=1S/C23H26F3NO3/c1-30-20(18-7-3-2-4-8-18)21(29)27-12-10-22(16-28,11-13-27)15-17-6-5-9-19(14-17)23(24,25)26/h2-9,14,20,28H,10-13,15-16H2,1H3/t20-/m0/s1. The van der Waals surface area contributed by atoms with Gasteiger partial charge in [-0.25, -0.2) is 0 Å². The van der Waals surface area contributed by atoms with Crippen LogP contribution < -0.4 is 0 Å². The Morgan fingerprint density at radius 1 is 1.13 bits per heavy atom. The number of nitrogens with zero attached hydrogens (tertiary/aromatic N) is 1. The van der Waals surface area contributed by atoms with Crippen molar-refractivity contribution in [3.63, 3.8) is 0 Å². The number of aliphatic hydroxyl groups excluding tert-OH is 1. The fourth-order valence-electron chi connectivity index (χ4n) is 4.06. The average Bonchev–Trinajstić information content (AvgIpc) is 2.75. The second-order valence-corrected chi connectivity index (χ2v) is 7.88. The van der Waals surface area contributed by atoms with E-state index >= 15 is 0 Å². The lowest BCUT2D eigenvalue weighted by Crippen LogP contribution is -2.47. The quantitative estimate of drug-likeness (QED) is 0.759. The number of alkyl halides is 3. The van der Waals surface area contributed by atoms with Gasteiger partial charge in [0.1, 0.15) is 0 Å². The molecule has 162 valence electrons. The van der Waals surface area contributed by atoms with Crippen LogP contribution in [0.15, 0.2) is 54.6 Å². The molecule has 1 atom stereocenters. The largest absolute Gasteiger partial charge is 0.416 e. The first-order valence-corrected chi connectivity index (χ1v) is 9.91.